The molecule has 2 aromatic heterocycles. The van der Waals surface area contributed by atoms with Crippen LogP contribution in [0.5, 0.6) is 0 Å². The molecule has 0 radical (unpaired) electrons. The number of hydrogen-bond donors (Lipinski definition) is 0. The summed E-state index contributed by atoms with van der Waals surface area (Å²) in [6, 6.07) is 40.1. The fourth-order valence-corrected chi connectivity index (χ4v) is 6.48. The van der Waals surface area contributed by atoms with Crippen LogP contribution in [0, 0.1) is 0 Å². The topological polar surface area (TPSA) is 9.86 Å². The summed E-state index contributed by atoms with van der Waals surface area (Å²) in [6.07, 6.45) is 0. The summed E-state index contributed by atoms with van der Waals surface area (Å²) < 4.78 is 4.92. The Labute approximate surface area is 203 Å². The van der Waals surface area contributed by atoms with Gasteiger partial charge in [-0.15, -0.1) is 0 Å². The molecule has 0 atom stereocenters. The zero-order chi connectivity index (χ0) is 23.3. The van der Waals surface area contributed by atoms with Gasteiger partial charge in [-0.3, -0.25) is 0 Å². The van der Waals surface area contributed by atoms with Gasteiger partial charge in [0.15, 0.2) is 0 Å². The molecular formula is C33H24N2. The van der Waals surface area contributed by atoms with Crippen molar-refractivity contribution in [2.24, 2.45) is 0 Å². The third-order valence-electron chi connectivity index (χ3n) is 8.09. The third kappa shape index (κ3) is 2.29. The van der Waals surface area contributed by atoms with Gasteiger partial charge in [0.25, 0.3) is 0 Å². The summed E-state index contributed by atoms with van der Waals surface area (Å²) in [4.78, 5) is 0. The Morgan fingerprint density at radius 2 is 1.14 bits per heavy atom. The van der Waals surface area contributed by atoms with Crippen LogP contribution in [-0.2, 0) is 5.41 Å². The SMILES string of the molecule is CC1(C)c2ccccc2-n2c3cc4c(cc3c3cccc1c32)c1ccccc1n4-c1ccccc1. The molecule has 1 aliphatic heterocycles. The lowest BCUT2D eigenvalue weighted by atomic mass is 9.75. The Balaban J connectivity index is 1.63. The summed E-state index contributed by atoms with van der Waals surface area (Å²) in [5, 5.41) is 5.24. The van der Waals surface area contributed by atoms with E-state index in [1.807, 2.05) is 0 Å². The average Bonchev–Trinajstić information content (AvgIpc) is 3.39. The largest absolute Gasteiger partial charge is 0.309 e. The van der Waals surface area contributed by atoms with Crippen LogP contribution in [0.3, 0.4) is 0 Å². The molecule has 0 N–H and O–H groups in total. The van der Waals surface area contributed by atoms with Gasteiger partial charge in [-0.05, 0) is 47.5 Å². The van der Waals surface area contributed by atoms with E-state index in [2.05, 4.69) is 132 Å². The van der Waals surface area contributed by atoms with Crippen LogP contribution in [0.15, 0.2) is 109 Å². The first kappa shape index (κ1) is 19.1. The summed E-state index contributed by atoms with van der Waals surface area (Å²) in [5.74, 6) is 0. The van der Waals surface area contributed by atoms with Crippen molar-refractivity contribution in [3.05, 3.63) is 120 Å². The molecule has 7 aromatic rings. The van der Waals surface area contributed by atoms with Crippen LogP contribution in [0.1, 0.15) is 25.0 Å². The highest BCUT2D eigenvalue weighted by Crippen LogP contribution is 2.48. The molecule has 0 amide bonds. The van der Waals surface area contributed by atoms with Crippen molar-refractivity contribution in [2.75, 3.05) is 0 Å². The van der Waals surface area contributed by atoms with Crippen molar-refractivity contribution >= 4 is 43.6 Å². The molecule has 0 saturated carbocycles. The molecule has 5 aromatic carbocycles. The molecule has 0 spiro atoms. The minimum Gasteiger partial charge on any atom is -0.309 e. The van der Waals surface area contributed by atoms with E-state index in [4.69, 9.17) is 0 Å². The predicted molar refractivity (Wildman–Crippen MR) is 147 cm³/mol. The fraction of sp³-hybridized carbons (Fsp3) is 0.0909. The second-order valence-electron chi connectivity index (χ2n) is 10.3. The molecule has 0 fully saturated rings. The summed E-state index contributed by atoms with van der Waals surface area (Å²) >= 11 is 0. The highest BCUT2D eigenvalue weighted by atomic mass is 15.0. The van der Waals surface area contributed by atoms with Gasteiger partial charge in [-0.25, -0.2) is 0 Å². The zero-order valence-corrected chi connectivity index (χ0v) is 19.8. The summed E-state index contributed by atoms with van der Waals surface area (Å²) in [7, 11) is 0. The molecule has 3 heterocycles. The minimum absolute atomic E-state index is 0.0497. The molecule has 2 heteroatoms. The van der Waals surface area contributed by atoms with Crippen molar-refractivity contribution in [1.29, 1.82) is 0 Å². The number of hydrogen-bond acceptors (Lipinski definition) is 0. The fourth-order valence-electron chi connectivity index (χ4n) is 6.48. The molecule has 166 valence electrons. The van der Waals surface area contributed by atoms with Gasteiger partial charge in [0.05, 0.1) is 27.8 Å². The predicted octanol–water partition coefficient (Wildman–Crippen LogP) is 8.52. The monoisotopic (exact) mass is 448 g/mol. The van der Waals surface area contributed by atoms with Gasteiger partial charge in [-0.2, -0.15) is 0 Å². The van der Waals surface area contributed by atoms with E-state index in [0.717, 1.165) is 0 Å². The van der Waals surface area contributed by atoms with E-state index in [0.29, 0.717) is 0 Å². The first-order valence-electron chi connectivity index (χ1n) is 12.3. The van der Waals surface area contributed by atoms with Gasteiger partial charge in [0, 0.05) is 32.6 Å². The Morgan fingerprint density at radius 1 is 0.486 bits per heavy atom. The lowest BCUT2D eigenvalue weighted by Crippen LogP contribution is -2.26. The molecule has 2 nitrogen and oxygen atoms in total. The van der Waals surface area contributed by atoms with E-state index in [9.17, 15) is 0 Å². The Kier molecular flexibility index (Phi) is 3.50. The van der Waals surface area contributed by atoms with Gasteiger partial charge in [0.2, 0.25) is 0 Å². The maximum Gasteiger partial charge on any atom is 0.0582 e. The number of nitrogens with zero attached hydrogens (tertiary/aromatic N) is 2. The van der Waals surface area contributed by atoms with Crippen LogP contribution in [0.2, 0.25) is 0 Å². The van der Waals surface area contributed by atoms with E-state index in [1.54, 1.807) is 0 Å². The molecule has 8 rings (SSSR count). The van der Waals surface area contributed by atoms with Crippen molar-refractivity contribution in [3.8, 4) is 11.4 Å². The van der Waals surface area contributed by atoms with Crippen molar-refractivity contribution in [2.45, 2.75) is 19.3 Å². The van der Waals surface area contributed by atoms with Crippen molar-refractivity contribution in [1.82, 2.24) is 9.13 Å². The summed E-state index contributed by atoms with van der Waals surface area (Å²) in [6.45, 7) is 4.71. The number of benzene rings is 5. The number of para-hydroxylation sites is 4. The zero-order valence-electron chi connectivity index (χ0n) is 19.8. The second-order valence-corrected chi connectivity index (χ2v) is 10.3. The normalized spacial score (nSPS) is 14.2. The summed E-state index contributed by atoms with van der Waals surface area (Å²) in [5.41, 5.74) is 10.3. The molecule has 0 aliphatic carbocycles. The molecule has 0 saturated heterocycles. The van der Waals surface area contributed by atoms with Gasteiger partial charge in [-0.1, -0.05) is 86.6 Å². The standard InChI is InChI=1S/C33H24N2/c1-33(2)26-15-7-9-18-29(26)35-31-20-30-24(19-25(31)23-14-10-16-27(33)32(23)35)22-13-6-8-17-28(22)34(30)21-11-4-3-5-12-21/h3-20H,1-2H3. The van der Waals surface area contributed by atoms with Crippen LogP contribution in [0.25, 0.3) is 55.0 Å². The number of fused-ring (bicyclic) bond motifs is 8. The molecule has 35 heavy (non-hydrogen) atoms. The molecular weight excluding hydrogens is 424 g/mol. The first-order chi connectivity index (χ1) is 17.1. The van der Waals surface area contributed by atoms with E-state index >= 15 is 0 Å². The maximum absolute atomic E-state index is 2.51. The lowest BCUT2D eigenvalue weighted by molar-refractivity contribution is 0.630. The maximum atomic E-state index is 2.51. The van der Waals surface area contributed by atoms with Crippen molar-refractivity contribution in [3.63, 3.8) is 0 Å². The van der Waals surface area contributed by atoms with E-state index in [1.165, 1.54) is 66.1 Å². The quantitative estimate of drug-likeness (QED) is 0.238. The Morgan fingerprint density at radius 3 is 2.03 bits per heavy atom. The smallest absolute Gasteiger partial charge is 0.0582 e. The highest BCUT2D eigenvalue weighted by Gasteiger charge is 2.35. The van der Waals surface area contributed by atoms with Gasteiger partial charge in [0.1, 0.15) is 0 Å². The highest BCUT2D eigenvalue weighted by molar-refractivity contribution is 6.20. The van der Waals surface area contributed by atoms with E-state index < -0.39 is 0 Å². The van der Waals surface area contributed by atoms with Crippen LogP contribution >= 0.6 is 0 Å². The lowest BCUT2D eigenvalue weighted by Gasteiger charge is -2.34. The molecule has 1 aliphatic rings. The van der Waals surface area contributed by atoms with Gasteiger partial charge < -0.3 is 9.13 Å². The van der Waals surface area contributed by atoms with Crippen molar-refractivity contribution < 1.29 is 0 Å². The second kappa shape index (κ2) is 6.43. The third-order valence-corrected chi connectivity index (χ3v) is 8.09. The number of aromatic nitrogens is 2. The Bertz CT molecular complexity index is 1970. The average molecular weight is 449 g/mol. The van der Waals surface area contributed by atoms with Crippen LogP contribution in [0.4, 0.5) is 0 Å². The Hall–Kier alpha value is -4.30. The van der Waals surface area contributed by atoms with Gasteiger partial charge >= 0.3 is 0 Å². The number of rotatable bonds is 1. The first-order valence-corrected chi connectivity index (χ1v) is 12.3. The molecule has 0 bridgehead atoms. The minimum atomic E-state index is -0.0497. The van der Waals surface area contributed by atoms with E-state index in [-0.39, 0.29) is 5.41 Å². The van der Waals surface area contributed by atoms with Crippen LogP contribution in [-0.4, -0.2) is 9.13 Å². The molecule has 0 unspecified atom stereocenters. The van der Waals surface area contributed by atoms with Crippen LogP contribution < -0.4 is 0 Å².